The molecule has 0 saturated carbocycles. The van der Waals surface area contributed by atoms with Gasteiger partial charge in [-0.15, -0.1) is 0 Å². The highest BCUT2D eigenvalue weighted by Crippen LogP contribution is 2.26. The lowest BCUT2D eigenvalue weighted by atomic mass is 9.96. The van der Waals surface area contributed by atoms with Crippen LogP contribution in [0.1, 0.15) is 38.1 Å². The highest BCUT2D eigenvalue weighted by Gasteiger charge is 2.26. The monoisotopic (exact) mass is 468 g/mol. The van der Waals surface area contributed by atoms with Gasteiger partial charge in [0.1, 0.15) is 5.75 Å². The average Bonchev–Trinajstić information content (AvgIpc) is 3.27. The van der Waals surface area contributed by atoms with E-state index in [1.807, 2.05) is 56.3 Å². The van der Waals surface area contributed by atoms with E-state index in [4.69, 9.17) is 20.9 Å². The fourth-order valence-electron chi connectivity index (χ4n) is 3.91. The Morgan fingerprint density at radius 3 is 2.61 bits per heavy atom. The van der Waals surface area contributed by atoms with E-state index >= 15 is 0 Å². The first-order valence-electron chi connectivity index (χ1n) is 11.3. The fourth-order valence-corrected chi connectivity index (χ4v) is 4.13. The molecule has 3 aromatic rings. The number of benzene rings is 2. The van der Waals surface area contributed by atoms with E-state index in [1.54, 1.807) is 6.07 Å². The minimum absolute atomic E-state index is 0.0196. The summed E-state index contributed by atoms with van der Waals surface area (Å²) in [6.45, 7) is 6.70. The Morgan fingerprint density at radius 1 is 1.18 bits per heavy atom. The summed E-state index contributed by atoms with van der Waals surface area (Å²) in [5.74, 6) is 2.01. The molecule has 0 radical (unpaired) electrons. The third kappa shape index (κ3) is 6.33. The molecule has 1 aromatic heterocycles. The molecule has 0 atom stereocenters. The first kappa shape index (κ1) is 23.3. The normalized spacial score (nSPS) is 15.0. The van der Waals surface area contributed by atoms with Crippen LogP contribution in [-0.4, -0.2) is 40.1 Å². The Bertz CT molecular complexity index is 1060. The Hall–Kier alpha value is -2.90. The van der Waals surface area contributed by atoms with Crippen LogP contribution in [0.15, 0.2) is 53.1 Å². The molecular formula is C25H29ClN4O3. The number of carbonyl (C=O) groups is 1. The quantitative estimate of drug-likeness (QED) is 0.516. The molecule has 4 rings (SSSR count). The van der Waals surface area contributed by atoms with Crippen molar-refractivity contribution >= 4 is 17.5 Å². The number of hydrogen-bond donors (Lipinski definition) is 1. The van der Waals surface area contributed by atoms with E-state index in [-0.39, 0.29) is 17.9 Å². The topological polar surface area (TPSA) is 80.5 Å². The van der Waals surface area contributed by atoms with Crippen LogP contribution < -0.4 is 10.1 Å². The van der Waals surface area contributed by atoms with E-state index in [9.17, 15) is 4.79 Å². The van der Waals surface area contributed by atoms with Crippen LogP contribution in [0.25, 0.3) is 11.4 Å². The number of piperidine rings is 1. The van der Waals surface area contributed by atoms with Gasteiger partial charge >= 0.3 is 0 Å². The van der Waals surface area contributed by atoms with Crippen LogP contribution in [0.3, 0.4) is 0 Å². The average molecular weight is 469 g/mol. The van der Waals surface area contributed by atoms with Gasteiger partial charge in [0.25, 0.3) is 0 Å². The number of hydrogen-bond acceptors (Lipinski definition) is 6. The molecule has 0 bridgehead atoms. The molecule has 0 aliphatic carbocycles. The van der Waals surface area contributed by atoms with Gasteiger partial charge in [0, 0.05) is 18.0 Å². The molecule has 174 valence electrons. The van der Waals surface area contributed by atoms with Crippen LogP contribution >= 0.6 is 11.6 Å². The summed E-state index contributed by atoms with van der Waals surface area (Å²) in [6.07, 6.45) is 1.75. The molecule has 2 aromatic carbocycles. The predicted octanol–water partition coefficient (Wildman–Crippen LogP) is 4.71. The molecule has 1 fully saturated rings. The number of nitrogens with one attached hydrogen (secondary N) is 1. The Morgan fingerprint density at radius 2 is 1.91 bits per heavy atom. The van der Waals surface area contributed by atoms with Crippen molar-refractivity contribution in [3.05, 3.63) is 65.0 Å². The largest absolute Gasteiger partial charge is 0.491 e. The molecule has 33 heavy (non-hydrogen) atoms. The number of amides is 1. The number of halogens is 1. The number of carbonyl (C=O) groups excluding carboxylic acids is 1. The van der Waals surface area contributed by atoms with Gasteiger partial charge in [0.05, 0.1) is 17.7 Å². The number of rotatable bonds is 8. The van der Waals surface area contributed by atoms with Gasteiger partial charge in [-0.25, -0.2) is 0 Å². The molecule has 2 heterocycles. The first-order valence-corrected chi connectivity index (χ1v) is 11.7. The second-order valence-corrected chi connectivity index (χ2v) is 8.98. The van der Waals surface area contributed by atoms with Crippen molar-refractivity contribution in [2.75, 3.05) is 13.1 Å². The number of nitrogens with zero attached hydrogens (tertiary/aromatic N) is 3. The van der Waals surface area contributed by atoms with Crippen LogP contribution in [-0.2, 0) is 17.9 Å². The first-order chi connectivity index (χ1) is 16.0. The van der Waals surface area contributed by atoms with Gasteiger partial charge in [-0.05, 0) is 69.6 Å². The van der Waals surface area contributed by atoms with Crippen molar-refractivity contribution in [3.63, 3.8) is 0 Å². The molecule has 0 unspecified atom stereocenters. The van der Waals surface area contributed by atoms with E-state index in [1.165, 1.54) is 0 Å². The molecule has 1 saturated heterocycles. The standard InChI is InChI=1S/C25H29ClN4O3/c1-17(2)32-20-9-7-18(8-10-20)15-27-25(31)19-11-13-30(14-12-19)16-23-28-24(29-33-23)21-5-3-4-6-22(21)26/h3-10,17,19H,11-16H2,1-2H3,(H,27,31). The van der Waals surface area contributed by atoms with E-state index in [0.717, 1.165) is 42.8 Å². The van der Waals surface area contributed by atoms with Crippen LogP contribution in [0, 0.1) is 5.92 Å². The summed E-state index contributed by atoms with van der Waals surface area (Å²) in [4.78, 5) is 19.4. The third-order valence-electron chi connectivity index (χ3n) is 5.66. The second kappa shape index (κ2) is 10.8. The lowest BCUT2D eigenvalue weighted by Gasteiger charge is -2.30. The summed E-state index contributed by atoms with van der Waals surface area (Å²) < 4.78 is 11.1. The minimum Gasteiger partial charge on any atom is -0.491 e. The van der Waals surface area contributed by atoms with Crippen LogP contribution in [0.4, 0.5) is 0 Å². The molecule has 1 amide bonds. The fraction of sp³-hybridized carbons (Fsp3) is 0.400. The zero-order valence-electron chi connectivity index (χ0n) is 19.0. The van der Waals surface area contributed by atoms with Crippen molar-refractivity contribution in [2.24, 2.45) is 5.92 Å². The number of ether oxygens (including phenoxy) is 1. The molecule has 1 aliphatic rings. The lowest BCUT2D eigenvalue weighted by Crippen LogP contribution is -2.40. The zero-order chi connectivity index (χ0) is 23.2. The molecule has 1 N–H and O–H groups in total. The van der Waals surface area contributed by atoms with Crippen LogP contribution in [0.5, 0.6) is 5.75 Å². The number of likely N-dealkylation sites (tertiary alicyclic amines) is 1. The van der Waals surface area contributed by atoms with Crippen molar-refractivity contribution in [3.8, 4) is 17.1 Å². The van der Waals surface area contributed by atoms with E-state index < -0.39 is 0 Å². The summed E-state index contributed by atoms with van der Waals surface area (Å²) in [5, 5.41) is 7.72. The second-order valence-electron chi connectivity index (χ2n) is 8.57. The van der Waals surface area contributed by atoms with Crippen molar-refractivity contribution in [1.29, 1.82) is 0 Å². The maximum absolute atomic E-state index is 12.6. The summed E-state index contributed by atoms with van der Waals surface area (Å²) in [6, 6.07) is 15.3. The maximum atomic E-state index is 12.6. The molecule has 8 heteroatoms. The van der Waals surface area contributed by atoms with E-state index in [2.05, 4.69) is 20.4 Å². The maximum Gasteiger partial charge on any atom is 0.241 e. The molecular weight excluding hydrogens is 440 g/mol. The van der Waals surface area contributed by atoms with Crippen molar-refractivity contribution in [2.45, 2.75) is 45.9 Å². The van der Waals surface area contributed by atoms with Crippen molar-refractivity contribution in [1.82, 2.24) is 20.4 Å². The highest BCUT2D eigenvalue weighted by molar-refractivity contribution is 6.33. The smallest absolute Gasteiger partial charge is 0.241 e. The SMILES string of the molecule is CC(C)Oc1ccc(CNC(=O)C2CCN(Cc3nc(-c4ccccc4Cl)no3)CC2)cc1. The predicted molar refractivity (Wildman–Crippen MR) is 127 cm³/mol. The Balaban J connectivity index is 1.22. The lowest BCUT2D eigenvalue weighted by molar-refractivity contribution is -0.126. The highest BCUT2D eigenvalue weighted by atomic mass is 35.5. The minimum atomic E-state index is 0.0196. The van der Waals surface area contributed by atoms with Gasteiger partial charge in [0.15, 0.2) is 0 Å². The molecule has 0 spiro atoms. The Kier molecular flexibility index (Phi) is 7.62. The van der Waals surface area contributed by atoms with Crippen LogP contribution in [0.2, 0.25) is 5.02 Å². The zero-order valence-corrected chi connectivity index (χ0v) is 19.7. The van der Waals surface area contributed by atoms with Gasteiger partial charge in [-0.2, -0.15) is 4.98 Å². The van der Waals surface area contributed by atoms with Gasteiger partial charge in [-0.1, -0.05) is 41.0 Å². The Labute approximate surface area is 199 Å². The summed E-state index contributed by atoms with van der Waals surface area (Å²) in [7, 11) is 0. The van der Waals surface area contributed by atoms with Gasteiger partial charge in [-0.3, -0.25) is 9.69 Å². The molecule has 1 aliphatic heterocycles. The van der Waals surface area contributed by atoms with E-state index in [0.29, 0.717) is 29.8 Å². The van der Waals surface area contributed by atoms with Crippen molar-refractivity contribution < 1.29 is 14.1 Å². The number of aromatic nitrogens is 2. The van der Waals surface area contributed by atoms with Gasteiger partial charge in [0.2, 0.25) is 17.6 Å². The summed E-state index contributed by atoms with van der Waals surface area (Å²) in [5.41, 5.74) is 1.81. The summed E-state index contributed by atoms with van der Waals surface area (Å²) >= 11 is 6.22. The third-order valence-corrected chi connectivity index (χ3v) is 5.99. The van der Waals surface area contributed by atoms with Gasteiger partial charge < -0.3 is 14.6 Å². The molecule has 7 nitrogen and oxygen atoms in total.